The van der Waals surface area contributed by atoms with E-state index in [4.69, 9.17) is 16.7 Å². The first-order valence-electron chi connectivity index (χ1n) is 5.13. The number of hydrogen-bond acceptors (Lipinski definition) is 3. The Morgan fingerprint density at radius 1 is 1.33 bits per heavy atom. The van der Waals surface area contributed by atoms with Crippen LogP contribution in [-0.4, -0.2) is 30.1 Å². The Morgan fingerprint density at radius 3 is 2.72 bits per heavy atom. The third-order valence-electron chi connectivity index (χ3n) is 2.07. The molecule has 1 amide bonds. The zero-order valence-electron chi connectivity index (χ0n) is 9.37. The average molecular weight is 275 g/mol. The molecule has 0 aliphatic rings. The van der Waals surface area contributed by atoms with E-state index >= 15 is 0 Å². The molecule has 1 aromatic carbocycles. The first-order valence-corrected chi connectivity index (χ1v) is 5.50. The van der Waals surface area contributed by atoms with E-state index in [-0.39, 0.29) is 30.2 Å². The average Bonchev–Trinajstić information content (AvgIpc) is 2.30. The van der Waals surface area contributed by atoms with Gasteiger partial charge in [-0.15, -0.1) is 0 Å². The summed E-state index contributed by atoms with van der Waals surface area (Å²) in [7, 11) is 0. The molecule has 3 N–H and O–H groups in total. The van der Waals surface area contributed by atoms with Crippen molar-refractivity contribution in [3.63, 3.8) is 0 Å². The topological polar surface area (TPSA) is 78.4 Å². The molecule has 0 aliphatic carbocycles. The third-order valence-corrected chi connectivity index (χ3v) is 2.36. The zero-order chi connectivity index (χ0) is 13.5. The molecule has 18 heavy (non-hydrogen) atoms. The maximum absolute atomic E-state index is 13.4. The molecule has 0 heterocycles. The summed E-state index contributed by atoms with van der Waals surface area (Å²) in [5.41, 5.74) is 0.272. The summed E-state index contributed by atoms with van der Waals surface area (Å²) in [6.07, 6.45) is 0. The van der Waals surface area contributed by atoms with Gasteiger partial charge in [0.2, 0.25) is 5.91 Å². The summed E-state index contributed by atoms with van der Waals surface area (Å²) >= 11 is 5.58. The van der Waals surface area contributed by atoms with E-state index in [1.807, 2.05) is 0 Å². The molecule has 1 aromatic rings. The van der Waals surface area contributed by atoms with E-state index in [9.17, 15) is 14.0 Å². The van der Waals surface area contributed by atoms with Crippen molar-refractivity contribution >= 4 is 23.5 Å². The third kappa shape index (κ3) is 4.68. The molecule has 0 aromatic heterocycles. The van der Waals surface area contributed by atoms with Crippen molar-refractivity contribution in [1.29, 1.82) is 0 Å². The molecule has 0 aliphatic heterocycles. The van der Waals surface area contributed by atoms with Crippen LogP contribution in [0.5, 0.6) is 0 Å². The van der Waals surface area contributed by atoms with Crippen molar-refractivity contribution in [3.8, 4) is 0 Å². The number of carbonyl (C=O) groups excluding carboxylic acids is 1. The van der Waals surface area contributed by atoms with E-state index in [0.717, 1.165) is 0 Å². The van der Waals surface area contributed by atoms with Gasteiger partial charge < -0.3 is 10.4 Å². The second-order valence-electron chi connectivity index (χ2n) is 3.49. The van der Waals surface area contributed by atoms with Crippen LogP contribution in [0.25, 0.3) is 0 Å². The van der Waals surface area contributed by atoms with Crippen LogP contribution in [0.4, 0.5) is 4.39 Å². The van der Waals surface area contributed by atoms with Gasteiger partial charge in [0.05, 0.1) is 18.1 Å². The Hall–Kier alpha value is -1.66. The van der Waals surface area contributed by atoms with Crippen LogP contribution in [0.1, 0.15) is 5.56 Å². The Bertz CT molecular complexity index is 454. The highest BCUT2D eigenvalue weighted by Gasteiger charge is 2.07. The smallest absolute Gasteiger partial charge is 0.317 e. The maximum atomic E-state index is 13.4. The Labute approximate surface area is 108 Å². The summed E-state index contributed by atoms with van der Waals surface area (Å²) in [6.45, 7) is -0.451. The fourth-order valence-corrected chi connectivity index (χ4v) is 1.42. The normalized spacial score (nSPS) is 10.1. The molecule has 0 radical (unpaired) electrons. The van der Waals surface area contributed by atoms with Crippen molar-refractivity contribution in [2.75, 3.05) is 13.1 Å². The van der Waals surface area contributed by atoms with Gasteiger partial charge >= 0.3 is 5.97 Å². The first-order chi connectivity index (χ1) is 8.50. The first kappa shape index (κ1) is 14.4. The minimum Gasteiger partial charge on any atom is -0.480 e. The van der Waals surface area contributed by atoms with E-state index < -0.39 is 17.7 Å². The number of benzene rings is 1. The number of nitrogens with one attached hydrogen (secondary N) is 2. The summed E-state index contributed by atoms with van der Waals surface area (Å²) < 4.78 is 13.4. The van der Waals surface area contributed by atoms with Crippen LogP contribution >= 0.6 is 11.6 Å². The van der Waals surface area contributed by atoms with Gasteiger partial charge in [0.25, 0.3) is 0 Å². The molecule has 1 rings (SSSR count). The minimum absolute atomic E-state index is 0.0000217. The quantitative estimate of drug-likeness (QED) is 0.716. The number of halogens is 2. The Morgan fingerprint density at radius 2 is 2.06 bits per heavy atom. The highest BCUT2D eigenvalue weighted by Crippen LogP contribution is 2.17. The largest absolute Gasteiger partial charge is 0.480 e. The van der Waals surface area contributed by atoms with Crippen molar-refractivity contribution in [3.05, 3.63) is 34.6 Å². The maximum Gasteiger partial charge on any atom is 0.317 e. The molecule has 0 spiro atoms. The molecule has 0 fully saturated rings. The highest BCUT2D eigenvalue weighted by atomic mass is 35.5. The van der Waals surface area contributed by atoms with Gasteiger partial charge in [-0.1, -0.05) is 23.7 Å². The molecule has 5 nitrogen and oxygen atoms in total. The van der Waals surface area contributed by atoms with E-state index in [2.05, 4.69) is 10.6 Å². The summed E-state index contributed by atoms with van der Waals surface area (Å²) in [4.78, 5) is 21.5. The summed E-state index contributed by atoms with van der Waals surface area (Å²) in [5, 5.41) is 13.2. The predicted octanol–water partition coefficient (Wildman–Crippen LogP) is 0.770. The number of hydrogen-bond donors (Lipinski definition) is 3. The molecule has 98 valence electrons. The highest BCUT2D eigenvalue weighted by molar-refractivity contribution is 6.30. The van der Waals surface area contributed by atoms with Crippen LogP contribution in [-0.2, 0) is 16.1 Å². The number of carboxylic acid groups (broad SMARTS) is 1. The van der Waals surface area contributed by atoms with Gasteiger partial charge in [0.15, 0.2) is 0 Å². The molecule has 7 heteroatoms. The summed E-state index contributed by atoms with van der Waals surface area (Å²) in [6, 6.07) is 4.50. The molecule has 0 atom stereocenters. The van der Waals surface area contributed by atoms with E-state index in [1.165, 1.54) is 12.1 Å². The van der Waals surface area contributed by atoms with Crippen LogP contribution in [0.3, 0.4) is 0 Å². The lowest BCUT2D eigenvalue weighted by Crippen LogP contribution is -2.35. The van der Waals surface area contributed by atoms with E-state index in [1.54, 1.807) is 6.07 Å². The molecule has 0 unspecified atom stereocenters. The van der Waals surface area contributed by atoms with Crippen LogP contribution < -0.4 is 10.6 Å². The van der Waals surface area contributed by atoms with E-state index in [0.29, 0.717) is 0 Å². The fourth-order valence-electron chi connectivity index (χ4n) is 1.22. The molecule has 0 bridgehead atoms. The Kier molecular flexibility index (Phi) is 5.54. The monoisotopic (exact) mass is 274 g/mol. The van der Waals surface area contributed by atoms with Crippen LogP contribution in [0, 0.1) is 5.82 Å². The predicted molar refractivity (Wildman–Crippen MR) is 63.8 cm³/mol. The van der Waals surface area contributed by atoms with Gasteiger partial charge in [-0.05, 0) is 6.07 Å². The van der Waals surface area contributed by atoms with Crippen molar-refractivity contribution in [2.45, 2.75) is 6.54 Å². The standard InChI is InChI=1S/C11H12ClFN2O3/c12-8-3-1-2-7(11(8)13)4-15-9(16)5-14-6-10(17)18/h1-3,14H,4-6H2,(H,15,16)(H,17,18). The second kappa shape index (κ2) is 6.93. The summed E-state index contributed by atoms with van der Waals surface area (Å²) in [5.74, 6) is -2.04. The van der Waals surface area contributed by atoms with Crippen molar-refractivity contribution in [2.24, 2.45) is 0 Å². The van der Waals surface area contributed by atoms with Crippen LogP contribution in [0.15, 0.2) is 18.2 Å². The second-order valence-corrected chi connectivity index (χ2v) is 3.89. The van der Waals surface area contributed by atoms with Gasteiger partial charge in [-0.3, -0.25) is 14.9 Å². The molecule has 0 saturated heterocycles. The number of carbonyl (C=O) groups is 2. The molecular weight excluding hydrogens is 263 g/mol. The number of amides is 1. The van der Waals surface area contributed by atoms with Crippen LogP contribution in [0.2, 0.25) is 5.02 Å². The lowest BCUT2D eigenvalue weighted by atomic mass is 10.2. The van der Waals surface area contributed by atoms with Gasteiger partial charge in [-0.2, -0.15) is 0 Å². The fraction of sp³-hybridized carbons (Fsp3) is 0.273. The molecule has 0 saturated carbocycles. The number of aliphatic carboxylic acids is 1. The number of carboxylic acids is 1. The van der Waals surface area contributed by atoms with Gasteiger partial charge in [-0.25, -0.2) is 4.39 Å². The SMILES string of the molecule is O=C(O)CNCC(=O)NCc1cccc(Cl)c1F. The minimum atomic E-state index is -1.05. The van der Waals surface area contributed by atoms with Crippen molar-refractivity contribution < 1.29 is 19.1 Å². The van der Waals surface area contributed by atoms with Gasteiger partial charge in [0, 0.05) is 12.1 Å². The number of rotatable bonds is 6. The van der Waals surface area contributed by atoms with Crippen molar-refractivity contribution in [1.82, 2.24) is 10.6 Å². The zero-order valence-corrected chi connectivity index (χ0v) is 10.1. The molecular formula is C11H12ClFN2O3. The Balaban J connectivity index is 2.38. The van der Waals surface area contributed by atoms with Gasteiger partial charge in [0.1, 0.15) is 5.82 Å². The lowest BCUT2D eigenvalue weighted by molar-refractivity contribution is -0.136. The lowest BCUT2D eigenvalue weighted by Gasteiger charge is -2.07.